The molecule has 0 radical (unpaired) electrons. The molecular weight excluding hydrogens is 426 g/mol. The van der Waals surface area contributed by atoms with E-state index in [9.17, 15) is 22.8 Å². The van der Waals surface area contributed by atoms with Crippen molar-refractivity contribution in [2.75, 3.05) is 31.6 Å². The maximum absolute atomic E-state index is 12.9. The van der Waals surface area contributed by atoms with E-state index in [4.69, 9.17) is 9.47 Å². The highest BCUT2D eigenvalue weighted by molar-refractivity contribution is 7.92. The molecule has 0 aromatic heterocycles. The highest BCUT2D eigenvalue weighted by atomic mass is 32.2. The first-order chi connectivity index (χ1) is 14.7. The summed E-state index contributed by atoms with van der Waals surface area (Å²) in [5, 5.41) is 4.36. The van der Waals surface area contributed by atoms with Crippen LogP contribution in [0, 0.1) is 0 Å². The van der Waals surface area contributed by atoms with Crippen LogP contribution in [0.5, 0.6) is 5.75 Å². The van der Waals surface area contributed by atoms with Crippen LogP contribution in [0.3, 0.4) is 0 Å². The lowest BCUT2D eigenvalue weighted by Crippen LogP contribution is -2.41. The number of methoxy groups -OCH3 is 1. The van der Waals surface area contributed by atoms with Crippen LogP contribution in [-0.2, 0) is 19.6 Å². The number of rotatable bonds is 8. The third-order valence-corrected chi connectivity index (χ3v) is 5.88. The summed E-state index contributed by atoms with van der Waals surface area (Å²) in [6.07, 6.45) is 0. The molecule has 2 aromatic carbocycles. The molecule has 3 amide bonds. The number of urea groups is 1. The number of hydrogen-bond donors (Lipinski definition) is 2. The lowest BCUT2D eigenvalue weighted by molar-refractivity contribution is -0.123. The van der Waals surface area contributed by atoms with Crippen molar-refractivity contribution in [3.8, 4) is 5.75 Å². The van der Waals surface area contributed by atoms with Crippen LogP contribution in [0.1, 0.15) is 17.3 Å². The first-order valence-electron chi connectivity index (χ1n) is 9.17. The maximum atomic E-state index is 12.9. The van der Waals surface area contributed by atoms with Crippen LogP contribution in [-0.4, -0.2) is 53.6 Å². The molecule has 0 saturated carbocycles. The van der Waals surface area contributed by atoms with Gasteiger partial charge in [0.1, 0.15) is 5.75 Å². The molecule has 2 rings (SSSR count). The Bertz CT molecular complexity index is 1050. The van der Waals surface area contributed by atoms with E-state index >= 15 is 0 Å². The summed E-state index contributed by atoms with van der Waals surface area (Å²) in [6, 6.07) is 11.0. The van der Waals surface area contributed by atoms with E-state index in [-0.39, 0.29) is 10.5 Å². The maximum Gasteiger partial charge on any atom is 0.338 e. The fraction of sp³-hybridized carbons (Fsp3) is 0.250. The molecule has 0 unspecified atom stereocenters. The molecule has 0 atom stereocenters. The van der Waals surface area contributed by atoms with E-state index in [0.29, 0.717) is 18.0 Å². The SMILES string of the molecule is CCNC(=O)NC(=O)COC(=O)c1ccc(S(=O)(=O)N(C)c2ccccc2OC)cc1. The van der Waals surface area contributed by atoms with Gasteiger partial charge in [-0.3, -0.25) is 14.4 Å². The summed E-state index contributed by atoms with van der Waals surface area (Å²) >= 11 is 0. The molecule has 2 N–H and O–H groups in total. The molecule has 0 spiro atoms. The lowest BCUT2D eigenvalue weighted by atomic mass is 10.2. The van der Waals surface area contributed by atoms with Crippen molar-refractivity contribution in [2.45, 2.75) is 11.8 Å². The molecule has 11 heteroatoms. The second-order valence-electron chi connectivity index (χ2n) is 6.15. The molecule has 0 aliphatic carbocycles. The van der Waals surface area contributed by atoms with Gasteiger partial charge in [0.05, 0.1) is 23.3 Å². The van der Waals surface area contributed by atoms with Gasteiger partial charge < -0.3 is 14.8 Å². The Hall–Kier alpha value is -3.60. The Balaban J connectivity index is 2.07. The normalized spacial score (nSPS) is 10.7. The number of para-hydroxylation sites is 2. The monoisotopic (exact) mass is 449 g/mol. The van der Waals surface area contributed by atoms with E-state index in [1.165, 1.54) is 38.4 Å². The Kier molecular flexibility index (Phi) is 7.97. The molecule has 0 bridgehead atoms. The van der Waals surface area contributed by atoms with Crippen LogP contribution in [0.4, 0.5) is 10.5 Å². The topological polar surface area (TPSA) is 131 Å². The first kappa shape index (κ1) is 23.7. The van der Waals surface area contributed by atoms with Gasteiger partial charge in [-0.25, -0.2) is 18.0 Å². The third-order valence-electron chi connectivity index (χ3n) is 4.10. The van der Waals surface area contributed by atoms with Gasteiger partial charge in [-0.2, -0.15) is 0 Å². The molecule has 0 aliphatic heterocycles. The van der Waals surface area contributed by atoms with Crippen molar-refractivity contribution in [3.05, 3.63) is 54.1 Å². The number of esters is 1. The minimum absolute atomic E-state index is 0.0460. The van der Waals surface area contributed by atoms with E-state index in [0.717, 1.165) is 4.31 Å². The molecule has 31 heavy (non-hydrogen) atoms. The minimum Gasteiger partial charge on any atom is -0.495 e. The number of nitrogens with one attached hydrogen (secondary N) is 2. The van der Waals surface area contributed by atoms with Crippen LogP contribution in [0.15, 0.2) is 53.4 Å². The number of benzene rings is 2. The summed E-state index contributed by atoms with van der Waals surface area (Å²) in [7, 11) is -1.09. The quantitative estimate of drug-likeness (QED) is 0.584. The van der Waals surface area contributed by atoms with Gasteiger partial charge in [-0.15, -0.1) is 0 Å². The summed E-state index contributed by atoms with van der Waals surface area (Å²) in [5.41, 5.74) is 0.399. The fourth-order valence-electron chi connectivity index (χ4n) is 2.52. The number of imide groups is 1. The second-order valence-corrected chi connectivity index (χ2v) is 8.12. The van der Waals surface area contributed by atoms with E-state index < -0.39 is 34.5 Å². The molecule has 0 saturated heterocycles. The number of amides is 3. The van der Waals surface area contributed by atoms with Gasteiger partial charge in [0, 0.05) is 13.6 Å². The zero-order chi connectivity index (χ0) is 23.0. The van der Waals surface area contributed by atoms with Crippen LogP contribution < -0.4 is 19.7 Å². The zero-order valence-electron chi connectivity index (χ0n) is 17.2. The molecular formula is C20H23N3O7S. The molecule has 10 nitrogen and oxygen atoms in total. The number of hydrogen-bond acceptors (Lipinski definition) is 7. The number of carbonyl (C=O) groups is 3. The van der Waals surface area contributed by atoms with Gasteiger partial charge in [0.15, 0.2) is 6.61 Å². The highest BCUT2D eigenvalue weighted by Gasteiger charge is 2.24. The predicted molar refractivity (Wildman–Crippen MR) is 113 cm³/mol. The highest BCUT2D eigenvalue weighted by Crippen LogP contribution is 2.30. The average molecular weight is 449 g/mol. The van der Waals surface area contributed by atoms with Crippen LogP contribution in [0.2, 0.25) is 0 Å². The predicted octanol–water partition coefficient (Wildman–Crippen LogP) is 1.52. The number of anilines is 1. The Labute approximate surface area is 180 Å². The van der Waals surface area contributed by atoms with E-state index in [2.05, 4.69) is 5.32 Å². The molecule has 0 aliphatic rings. The van der Waals surface area contributed by atoms with Crippen molar-refractivity contribution < 1.29 is 32.3 Å². The largest absolute Gasteiger partial charge is 0.495 e. The van der Waals surface area contributed by atoms with Gasteiger partial charge in [0.25, 0.3) is 15.9 Å². The second kappa shape index (κ2) is 10.4. The molecule has 0 fully saturated rings. The van der Waals surface area contributed by atoms with E-state index in [1.54, 1.807) is 31.2 Å². The van der Waals surface area contributed by atoms with Crippen LogP contribution in [0.25, 0.3) is 0 Å². The smallest absolute Gasteiger partial charge is 0.338 e. The first-order valence-corrected chi connectivity index (χ1v) is 10.6. The van der Waals surface area contributed by atoms with Crippen LogP contribution >= 0.6 is 0 Å². The molecule has 0 heterocycles. The number of nitrogens with zero attached hydrogens (tertiary/aromatic N) is 1. The van der Waals surface area contributed by atoms with Gasteiger partial charge in [0.2, 0.25) is 0 Å². The van der Waals surface area contributed by atoms with Gasteiger partial charge in [-0.05, 0) is 43.3 Å². The lowest BCUT2D eigenvalue weighted by Gasteiger charge is -2.21. The Morgan fingerprint density at radius 2 is 1.68 bits per heavy atom. The van der Waals surface area contributed by atoms with Crippen molar-refractivity contribution >= 4 is 33.6 Å². The fourth-order valence-corrected chi connectivity index (χ4v) is 3.73. The third kappa shape index (κ3) is 5.95. The van der Waals surface area contributed by atoms with E-state index in [1.807, 2.05) is 5.32 Å². The summed E-state index contributed by atoms with van der Waals surface area (Å²) in [4.78, 5) is 34.8. The standard InChI is InChI=1S/C20H23N3O7S/c1-4-21-20(26)22-18(24)13-30-19(25)14-9-11-15(12-10-14)31(27,28)23(2)16-7-5-6-8-17(16)29-3/h5-12H,4,13H2,1-3H3,(H2,21,22,24,26). The molecule has 166 valence electrons. The number of sulfonamides is 1. The Morgan fingerprint density at radius 1 is 1.03 bits per heavy atom. The molecule has 2 aromatic rings. The average Bonchev–Trinajstić information content (AvgIpc) is 2.77. The van der Waals surface area contributed by atoms with Crippen molar-refractivity contribution in [1.29, 1.82) is 0 Å². The number of ether oxygens (including phenoxy) is 2. The van der Waals surface area contributed by atoms with Gasteiger partial charge in [-0.1, -0.05) is 12.1 Å². The summed E-state index contributed by atoms with van der Waals surface area (Å²) < 4.78 is 36.9. The minimum atomic E-state index is -3.92. The van der Waals surface area contributed by atoms with Crippen molar-refractivity contribution in [2.24, 2.45) is 0 Å². The summed E-state index contributed by atoms with van der Waals surface area (Å²) in [6.45, 7) is 1.36. The van der Waals surface area contributed by atoms with Crippen molar-refractivity contribution in [3.63, 3.8) is 0 Å². The zero-order valence-corrected chi connectivity index (χ0v) is 18.1. The number of carbonyl (C=O) groups excluding carboxylic acids is 3. The van der Waals surface area contributed by atoms with Gasteiger partial charge >= 0.3 is 12.0 Å². The summed E-state index contributed by atoms with van der Waals surface area (Å²) in [5.74, 6) is -1.25. The van der Waals surface area contributed by atoms with Crippen molar-refractivity contribution in [1.82, 2.24) is 10.6 Å². The Morgan fingerprint density at radius 3 is 2.29 bits per heavy atom.